The summed E-state index contributed by atoms with van der Waals surface area (Å²) in [6, 6.07) is 9.00. The first-order chi connectivity index (χ1) is 11.7. The molecule has 24 heavy (non-hydrogen) atoms. The lowest BCUT2D eigenvalue weighted by Gasteiger charge is -2.36. The van der Waals surface area contributed by atoms with E-state index in [1.54, 1.807) is 4.90 Å². The molecule has 0 bridgehead atoms. The van der Waals surface area contributed by atoms with E-state index in [1.807, 2.05) is 42.3 Å². The lowest BCUT2D eigenvalue weighted by Crippen LogP contribution is -2.51. The van der Waals surface area contributed by atoms with Crippen molar-refractivity contribution in [2.75, 3.05) is 33.2 Å². The fourth-order valence-corrected chi connectivity index (χ4v) is 3.94. The molecular weight excluding hydrogens is 302 g/mol. The van der Waals surface area contributed by atoms with E-state index in [2.05, 4.69) is 5.32 Å². The number of piperidine rings is 1. The Morgan fingerprint density at radius 1 is 1.12 bits per heavy atom. The number of nitrogens with zero attached hydrogens (tertiary/aromatic N) is 2. The summed E-state index contributed by atoms with van der Waals surface area (Å²) in [5, 5.41) is 3.21. The van der Waals surface area contributed by atoms with Gasteiger partial charge in [0.05, 0.1) is 0 Å². The number of carbonyl (C=O) groups excluding carboxylic acids is 2. The van der Waals surface area contributed by atoms with Gasteiger partial charge in [0, 0.05) is 25.2 Å². The number of carbonyl (C=O) groups is 2. The Hall–Kier alpha value is -1.88. The molecule has 2 saturated heterocycles. The highest BCUT2D eigenvalue weighted by Crippen LogP contribution is 2.24. The van der Waals surface area contributed by atoms with Gasteiger partial charge in [-0.05, 0) is 57.3 Å². The summed E-state index contributed by atoms with van der Waals surface area (Å²) in [5.74, 6) is 0.639. The van der Waals surface area contributed by atoms with Gasteiger partial charge in [0.2, 0.25) is 5.91 Å². The van der Waals surface area contributed by atoms with Crippen LogP contribution in [0, 0.1) is 5.92 Å². The normalized spacial score (nSPS) is 24.2. The van der Waals surface area contributed by atoms with Gasteiger partial charge in [-0.3, -0.25) is 9.59 Å². The predicted molar refractivity (Wildman–Crippen MR) is 93.7 cm³/mol. The molecule has 1 N–H and O–H groups in total. The highest BCUT2D eigenvalue weighted by molar-refractivity contribution is 5.97. The minimum atomic E-state index is -0.286. The van der Waals surface area contributed by atoms with E-state index in [-0.39, 0.29) is 17.9 Å². The third-order valence-electron chi connectivity index (χ3n) is 5.14. The minimum absolute atomic E-state index is 0.0183. The zero-order valence-corrected chi connectivity index (χ0v) is 14.4. The molecule has 0 spiro atoms. The van der Waals surface area contributed by atoms with Crippen LogP contribution >= 0.6 is 0 Å². The van der Waals surface area contributed by atoms with Crippen LogP contribution in [0.5, 0.6) is 0 Å². The van der Waals surface area contributed by atoms with Crippen molar-refractivity contribution in [3.63, 3.8) is 0 Å². The van der Waals surface area contributed by atoms with Gasteiger partial charge in [-0.15, -0.1) is 0 Å². The lowest BCUT2D eigenvalue weighted by atomic mass is 9.97. The van der Waals surface area contributed by atoms with Gasteiger partial charge in [-0.25, -0.2) is 0 Å². The molecule has 1 aromatic carbocycles. The Kier molecular flexibility index (Phi) is 5.51. The number of likely N-dealkylation sites (tertiary alicyclic amines) is 2. The summed E-state index contributed by atoms with van der Waals surface area (Å²) >= 11 is 0. The van der Waals surface area contributed by atoms with Gasteiger partial charge < -0.3 is 15.1 Å². The number of nitrogens with one attached hydrogen (secondary N) is 1. The Labute approximate surface area is 144 Å². The number of amides is 2. The van der Waals surface area contributed by atoms with Crippen LogP contribution < -0.4 is 5.32 Å². The van der Waals surface area contributed by atoms with Crippen molar-refractivity contribution in [1.29, 1.82) is 0 Å². The molecule has 2 unspecified atom stereocenters. The fourth-order valence-electron chi connectivity index (χ4n) is 3.94. The number of hydrogen-bond donors (Lipinski definition) is 1. The Morgan fingerprint density at radius 2 is 1.88 bits per heavy atom. The molecule has 5 heteroatoms. The average Bonchev–Trinajstić information content (AvgIpc) is 3.11. The van der Waals surface area contributed by atoms with Crippen molar-refractivity contribution in [3.05, 3.63) is 35.9 Å². The molecule has 2 heterocycles. The van der Waals surface area contributed by atoms with Crippen LogP contribution in [0.1, 0.15) is 36.0 Å². The largest absolute Gasteiger partial charge is 0.341 e. The van der Waals surface area contributed by atoms with Crippen LogP contribution in [-0.4, -0.2) is 60.9 Å². The number of rotatable bonds is 4. The maximum atomic E-state index is 13.0. The monoisotopic (exact) mass is 329 g/mol. The van der Waals surface area contributed by atoms with Gasteiger partial charge in [0.25, 0.3) is 5.91 Å². The van der Waals surface area contributed by atoms with Gasteiger partial charge >= 0.3 is 0 Å². The average molecular weight is 329 g/mol. The van der Waals surface area contributed by atoms with Crippen molar-refractivity contribution in [3.8, 4) is 0 Å². The molecule has 130 valence electrons. The summed E-state index contributed by atoms with van der Waals surface area (Å²) in [7, 11) is 1.96. The summed E-state index contributed by atoms with van der Waals surface area (Å²) in [4.78, 5) is 29.5. The van der Waals surface area contributed by atoms with Crippen LogP contribution in [0.2, 0.25) is 0 Å². The van der Waals surface area contributed by atoms with Gasteiger partial charge in [0.1, 0.15) is 6.04 Å². The van der Waals surface area contributed by atoms with Crippen LogP contribution in [0.25, 0.3) is 0 Å². The molecule has 5 nitrogen and oxygen atoms in total. The van der Waals surface area contributed by atoms with Crippen molar-refractivity contribution in [1.82, 2.24) is 15.1 Å². The van der Waals surface area contributed by atoms with Crippen LogP contribution in [0.15, 0.2) is 30.3 Å². The Bertz CT molecular complexity index is 573. The molecule has 1 aromatic rings. The van der Waals surface area contributed by atoms with E-state index in [1.165, 1.54) is 6.42 Å². The van der Waals surface area contributed by atoms with E-state index < -0.39 is 0 Å². The topological polar surface area (TPSA) is 52.7 Å². The summed E-state index contributed by atoms with van der Waals surface area (Å²) in [6.07, 6.45) is 3.91. The molecule has 2 aliphatic heterocycles. The highest BCUT2D eigenvalue weighted by Gasteiger charge is 2.37. The maximum Gasteiger partial charge on any atom is 0.254 e. The molecule has 2 atom stereocenters. The molecule has 2 aliphatic rings. The molecule has 0 aromatic heterocycles. The molecule has 0 aliphatic carbocycles. The molecule has 3 rings (SSSR count). The van der Waals surface area contributed by atoms with E-state index in [9.17, 15) is 9.59 Å². The van der Waals surface area contributed by atoms with Gasteiger partial charge in [0.15, 0.2) is 0 Å². The summed E-state index contributed by atoms with van der Waals surface area (Å²) < 4.78 is 0. The Morgan fingerprint density at radius 3 is 2.62 bits per heavy atom. The first kappa shape index (κ1) is 17.0. The fraction of sp³-hybridized carbons (Fsp3) is 0.579. The van der Waals surface area contributed by atoms with Crippen molar-refractivity contribution in [2.24, 2.45) is 5.92 Å². The van der Waals surface area contributed by atoms with E-state index in [4.69, 9.17) is 0 Å². The van der Waals surface area contributed by atoms with Crippen molar-refractivity contribution < 1.29 is 9.59 Å². The smallest absolute Gasteiger partial charge is 0.254 e. The third-order valence-corrected chi connectivity index (χ3v) is 5.14. The SMILES string of the molecule is CNCC1CCCN(C(=O)C2CCCN2C(=O)c2ccccc2)C1. The van der Waals surface area contributed by atoms with Gasteiger partial charge in [-0.1, -0.05) is 18.2 Å². The second-order valence-electron chi connectivity index (χ2n) is 6.87. The van der Waals surface area contributed by atoms with Crippen molar-refractivity contribution >= 4 is 11.8 Å². The first-order valence-corrected chi connectivity index (χ1v) is 9.00. The van der Waals surface area contributed by atoms with Crippen LogP contribution in [0.4, 0.5) is 0 Å². The highest BCUT2D eigenvalue weighted by atomic mass is 16.2. The van der Waals surface area contributed by atoms with Crippen molar-refractivity contribution in [2.45, 2.75) is 31.7 Å². The maximum absolute atomic E-state index is 13.0. The summed E-state index contributed by atoms with van der Waals surface area (Å²) in [6.45, 7) is 3.26. The van der Waals surface area contributed by atoms with E-state index in [0.29, 0.717) is 18.0 Å². The lowest BCUT2D eigenvalue weighted by molar-refractivity contribution is -0.137. The van der Waals surface area contributed by atoms with E-state index in [0.717, 1.165) is 38.9 Å². The van der Waals surface area contributed by atoms with E-state index >= 15 is 0 Å². The summed E-state index contributed by atoms with van der Waals surface area (Å²) in [5.41, 5.74) is 0.670. The minimum Gasteiger partial charge on any atom is -0.341 e. The predicted octanol–water partition coefficient (Wildman–Crippen LogP) is 1.75. The van der Waals surface area contributed by atoms with Gasteiger partial charge in [-0.2, -0.15) is 0 Å². The van der Waals surface area contributed by atoms with Crippen LogP contribution in [0.3, 0.4) is 0 Å². The molecule has 0 saturated carbocycles. The first-order valence-electron chi connectivity index (χ1n) is 9.00. The zero-order valence-electron chi connectivity index (χ0n) is 14.4. The molecule has 2 fully saturated rings. The zero-order chi connectivity index (χ0) is 16.9. The Balaban J connectivity index is 1.68. The second kappa shape index (κ2) is 7.79. The number of hydrogen-bond acceptors (Lipinski definition) is 3. The molecular formula is C19H27N3O2. The second-order valence-corrected chi connectivity index (χ2v) is 6.87. The molecule has 2 amide bonds. The quantitative estimate of drug-likeness (QED) is 0.916. The molecule has 0 radical (unpaired) electrons. The third kappa shape index (κ3) is 3.61. The number of benzene rings is 1. The van der Waals surface area contributed by atoms with Crippen LogP contribution in [-0.2, 0) is 4.79 Å². The standard InChI is InChI=1S/C19H27N3O2/c1-20-13-15-7-5-11-21(14-15)19(24)17-10-6-12-22(17)18(23)16-8-3-2-4-9-16/h2-4,8-9,15,17,20H,5-7,10-14H2,1H3.